The molecule has 26 heavy (non-hydrogen) atoms. The van der Waals surface area contributed by atoms with Gasteiger partial charge in [0.1, 0.15) is 6.54 Å². The standard InChI is InChI=1S/C16H13N3O5S2/c1-8(20)17-19-15(23)13(26-16(19)25)12-9-5-3-4-6-10(9)18(14(12)22)7-11(21)24-2/h3-6H,7H2,1-2H3,(H,17,20). The van der Waals surface area contributed by atoms with Crippen LogP contribution in [0.15, 0.2) is 29.2 Å². The summed E-state index contributed by atoms with van der Waals surface area (Å²) >= 11 is 6.05. The van der Waals surface area contributed by atoms with Crippen molar-refractivity contribution in [3.8, 4) is 0 Å². The van der Waals surface area contributed by atoms with Gasteiger partial charge in [-0.3, -0.25) is 29.5 Å². The van der Waals surface area contributed by atoms with Crippen LogP contribution in [0.2, 0.25) is 0 Å². The van der Waals surface area contributed by atoms with Crippen LogP contribution in [0.1, 0.15) is 12.5 Å². The Hall–Kier alpha value is -2.72. The molecule has 8 nitrogen and oxygen atoms in total. The number of thiocarbonyl (C=S) groups is 1. The van der Waals surface area contributed by atoms with Gasteiger partial charge < -0.3 is 4.74 Å². The second-order valence-corrected chi connectivity index (χ2v) is 7.01. The van der Waals surface area contributed by atoms with Gasteiger partial charge in [-0.1, -0.05) is 30.0 Å². The minimum absolute atomic E-state index is 0.105. The van der Waals surface area contributed by atoms with Crippen LogP contribution in [0.25, 0.3) is 5.57 Å². The first-order valence-corrected chi connectivity index (χ1v) is 8.63. The molecule has 0 atom stereocenters. The normalized spacial score (nSPS) is 19.1. The van der Waals surface area contributed by atoms with Crippen molar-refractivity contribution in [1.82, 2.24) is 10.4 Å². The minimum Gasteiger partial charge on any atom is -0.468 e. The molecule has 0 saturated carbocycles. The molecule has 0 aliphatic carbocycles. The van der Waals surface area contributed by atoms with E-state index < -0.39 is 23.7 Å². The van der Waals surface area contributed by atoms with Crippen LogP contribution in [0.4, 0.5) is 5.69 Å². The number of hydrogen-bond donors (Lipinski definition) is 1. The van der Waals surface area contributed by atoms with Crippen LogP contribution in [0, 0.1) is 0 Å². The maximum Gasteiger partial charge on any atom is 0.325 e. The van der Waals surface area contributed by atoms with Crippen LogP contribution in [-0.4, -0.2) is 46.7 Å². The van der Waals surface area contributed by atoms with E-state index in [4.69, 9.17) is 12.2 Å². The number of nitrogens with zero attached hydrogens (tertiary/aromatic N) is 2. The molecule has 2 heterocycles. The number of carbonyl (C=O) groups is 4. The van der Waals surface area contributed by atoms with Crippen LogP contribution in [-0.2, 0) is 23.9 Å². The highest BCUT2D eigenvalue weighted by atomic mass is 32.2. The molecule has 2 aliphatic heterocycles. The highest BCUT2D eigenvalue weighted by Gasteiger charge is 2.42. The summed E-state index contributed by atoms with van der Waals surface area (Å²) in [4.78, 5) is 49.9. The van der Waals surface area contributed by atoms with E-state index in [1.165, 1.54) is 18.9 Å². The van der Waals surface area contributed by atoms with Gasteiger partial charge in [-0.25, -0.2) is 0 Å². The molecule has 1 aromatic carbocycles. The first-order chi connectivity index (χ1) is 12.3. The van der Waals surface area contributed by atoms with Gasteiger partial charge in [0.15, 0.2) is 4.32 Å². The number of nitrogens with one attached hydrogen (secondary N) is 1. The summed E-state index contributed by atoms with van der Waals surface area (Å²) in [5.74, 6) is -2.13. The number of ether oxygens (including phenoxy) is 1. The summed E-state index contributed by atoms with van der Waals surface area (Å²) in [6, 6.07) is 6.81. The topological polar surface area (TPSA) is 96.0 Å². The molecule has 1 fully saturated rings. The van der Waals surface area contributed by atoms with E-state index in [1.54, 1.807) is 24.3 Å². The number of hydrazine groups is 1. The molecule has 3 rings (SSSR count). The van der Waals surface area contributed by atoms with Crippen molar-refractivity contribution in [3.63, 3.8) is 0 Å². The third-order valence-electron chi connectivity index (χ3n) is 3.70. The number of hydrogen-bond acceptors (Lipinski definition) is 7. The zero-order valence-corrected chi connectivity index (χ0v) is 15.4. The number of rotatable bonds is 3. The Morgan fingerprint density at radius 3 is 2.58 bits per heavy atom. The first-order valence-electron chi connectivity index (χ1n) is 7.41. The summed E-state index contributed by atoms with van der Waals surface area (Å²) in [6.45, 7) is 0.974. The van der Waals surface area contributed by atoms with Crippen LogP contribution >= 0.6 is 24.0 Å². The molecule has 0 radical (unpaired) electrons. The van der Waals surface area contributed by atoms with Crippen molar-refractivity contribution in [2.75, 3.05) is 18.6 Å². The highest BCUT2D eigenvalue weighted by Crippen LogP contribution is 2.44. The number of amides is 3. The number of para-hydroxylation sites is 1. The van der Waals surface area contributed by atoms with Gasteiger partial charge in [0, 0.05) is 12.5 Å². The lowest BCUT2D eigenvalue weighted by Gasteiger charge is -2.15. The van der Waals surface area contributed by atoms with Gasteiger partial charge in [0.05, 0.1) is 23.3 Å². The smallest absolute Gasteiger partial charge is 0.325 e. The van der Waals surface area contributed by atoms with Gasteiger partial charge in [-0.15, -0.1) is 0 Å². The van der Waals surface area contributed by atoms with Crippen LogP contribution in [0.5, 0.6) is 0 Å². The van der Waals surface area contributed by atoms with Crippen molar-refractivity contribution >= 4 is 63.3 Å². The molecular weight excluding hydrogens is 378 g/mol. The van der Waals surface area contributed by atoms with Crippen LogP contribution < -0.4 is 10.3 Å². The average molecular weight is 391 g/mol. The number of carbonyl (C=O) groups excluding carboxylic acids is 4. The largest absolute Gasteiger partial charge is 0.468 e. The van der Waals surface area contributed by atoms with E-state index in [1.807, 2.05) is 0 Å². The SMILES string of the molecule is COC(=O)CN1C(=O)C(=C2SC(=S)N(NC(C)=O)C2=O)c2ccccc21. The number of thioether (sulfide) groups is 1. The molecule has 0 aromatic heterocycles. The summed E-state index contributed by atoms with van der Waals surface area (Å²) < 4.78 is 4.75. The summed E-state index contributed by atoms with van der Waals surface area (Å²) in [7, 11) is 1.23. The third-order valence-corrected chi connectivity index (χ3v) is 5.08. The number of fused-ring (bicyclic) bond motifs is 1. The third kappa shape index (κ3) is 2.97. The molecule has 1 aromatic rings. The lowest BCUT2D eigenvalue weighted by Crippen LogP contribution is -2.43. The zero-order valence-electron chi connectivity index (χ0n) is 13.8. The molecule has 0 spiro atoms. The van der Waals surface area contributed by atoms with Gasteiger partial charge in [-0.2, -0.15) is 5.01 Å². The number of benzene rings is 1. The second-order valence-electron chi connectivity index (χ2n) is 5.37. The minimum atomic E-state index is -0.590. The second kappa shape index (κ2) is 6.89. The zero-order chi connectivity index (χ0) is 19.0. The van der Waals surface area contributed by atoms with E-state index in [0.29, 0.717) is 11.3 Å². The summed E-state index contributed by atoms with van der Waals surface area (Å²) in [6.07, 6.45) is 0. The maximum absolute atomic E-state index is 12.9. The molecule has 3 amide bonds. The van der Waals surface area contributed by atoms with Crippen molar-refractivity contribution in [2.24, 2.45) is 0 Å². The summed E-state index contributed by atoms with van der Waals surface area (Å²) in [5.41, 5.74) is 3.50. The molecule has 134 valence electrons. The van der Waals surface area contributed by atoms with Gasteiger partial charge >= 0.3 is 5.97 Å². The Bertz CT molecular complexity index is 896. The van der Waals surface area contributed by atoms with Crippen molar-refractivity contribution < 1.29 is 23.9 Å². The van der Waals surface area contributed by atoms with E-state index in [-0.39, 0.29) is 21.3 Å². The van der Waals surface area contributed by atoms with Crippen molar-refractivity contribution in [1.29, 1.82) is 0 Å². The molecule has 0 unspecified atom stereocenters. The lowest BCUT2D eigenvalue weighted by atomic mass is 10.1. The highest BCUT2D eigenvalue weighted by molar-refractivity contribution is 8.26. The average Bonchev–Trinajstić information content (AvgIpc) is 3.03. The predicted octanol–water partition coefficient (Wildman–Crippen LogP) is 0.829. The predicted molar refractivity (Wildman–Crippen MR) is 98.6 cm³/mol. The monoisotopic (exact) mass is 391 g/mol. The Morgan fingerprint density at radius 2 is 1.92 bits per heavy atom. The fourth-order valence-corrected chi connectivity index (χ4v) is 3.87. The number of anilines is 1. The van der Waals surface area contributed by atoms with Crippen LogP contribution in [0.3, 0.4) is 0 Å². The Balaban J connectivity index is 2.08. The fraction of sp³-hybridized carbons (Fsp3) is 0.188. The van der Waals surface area contributed by atoms with Gasteiger partial charge in [-0.05, 0) is 18.3 Å². The molecule has 2 aliphatic rings. The van der Waals surface area contributed by atoms with E-state index in [9.17, 15) is 19.2 Å². The van der Waals surface area contributed by atoms with Gasteiger partial charge in [0.2, 0.25) is 5.91 Å². The quantitative estimate of drug-likeness (QED) is 0.463. The first kappa shape index (κ1) is 18.1. The van der Waals surface area contributed by atoms with Crippen molar-refractivity contribution in [2.45, 2.75) is 6.92 Å². The molecule has 0 bridgehead atoms. The summed E-state index contributed by atoms with van der Waals surface area (Å²) in [5, 5.41) is 0.934. The van der Waals surface area contributed by atoms with E-state index in [2.05, 4.69) is 10.2 Å². The van der Waals surface area contributed by atoms with E-state index in [0.717, 1.165) is 16.8 Å². The van der Waals surface area contributed by atoms with E-state index >= 15 is 0 Å². The number of methoxy groups -OCH3 is 1. The molecule has 10 heteroatoms. The Kier molecular flexibility index (Phi) is 4.79. The van der Waals surface area contributed by atoms with Crippen molar-refractivity contribution in [3.05, 3.63) is 34.7 Å². The number of esters is 1. The maximum atomic E-state index is 12.9. The fourth-order valence-electron chi connectivity index (χ4n) is 2.62. The lowest BCUT2D eigenvalue weighted by molar-refractivity contribution is -0.139. The van der Waals surface area contributed by atoms with Gasteiger partial charge in [0.25, 0.3) is 11.8 Å². The Labute approximate surface area is 158 Å². The molecular formula is C16H13N3O5S2. The molecule has 1 saturated heterocycles. The molecule has 1 N–H and O–H groups in total. The Morgan fingerprint density at radius 1 is 1.23 bits per heavy atom.